The Morgan fingerprint density at radius 1 is 0.895 bits per heavy atom. The topological polar surface area (TPSA) is 164 Å². The number of hydrogen-bond acceptors (Lipinski definition) is 8. The molecule has 8 nitrogen and oxygen atoms in total. The van der Waals surface area contributed by atoms with Crippen LogP contribution in [0.1, 0.15) is 0 Å². The summed E-state index contributed by atoms with van der Waals surface area (Å²) in [4.78, 5) is 0. The molecule has 0 radical (unpaired) electrons. The molecule has 19 heavy (non-hydrogen) atoms. The summed E-state index contributed by atoms with van der Waals surface area (Å²) in [5.74, 6) is 0. The number of nitrogens with zero attached hydrogens (tertiary/aromatic N) is 1. The van der Waals surface area contributed by atoms with E-state index >= 15 is 0 Å². The third-order valence-corrected chi connectivity index (χ3v) is 1.13. The minimum absolute atomic E-state index is 0. The van der Waals surface area contributed by atoms with Gasteiger partial charge in [-0.25, -0.2) is 0 Å². The molecule has 1 heterocycles. The normalized spacial score (nSPS) is 6.63. The molecule has 0 aliphatic carbocycles. The standard InChI is InChI=1S/C5H5NOS.2BO3.3Zn/c7-6-4-2-1-3-5(6)8;2*2-1(3)4;;;/h1-4,7H;;;;;/q;2*-3;3*+2. The average Bonchev–Trinajstić information content (AvgIpc) is 2.08. The first-order valence-electron chi connectivity index (χ1n) is 3.59. The van der Waals surface area contributed by atoms with Gasteiger partial charge in [0.2, 0.25) is 0 Å². The Hall–Kier alpha value is 0.930. The molecule has 0 aliphatic rings. The second-order valence-electron chi connectivity index (χ2n) is 1.96. The molecular formula is C5H5B2NO7SZn3. The minimum atomic E-state index is -2.92. The quantitative estimate of drug-likeness (QED) is 0.236. The third-order valence-electron chi connectivity index (χ3n) is 0.803. The van der Waals surface area contributed by atoms with Crippen LogP contribution in [0.4, 0.5) is 0 Å². The molecule has 14 heteroatoms. The molecule has 0 bridgehead atoms. The zero-order valence-electron chi connectivity index (χ0n) is 9.84. The summed E-state index contributed by atoms with van der Waals surface area (Å²) >= 11 is 4.67. The molecule has 1 aromatic rings. The van der Waals surface area contributed by atoms with Gasteiger partial charge in [-0.05, 0) is 12.1 Å². The summed E-state index contributed by atoms with van der Waals surface area (Å²) in [6.07, 6.45) is 1.49. The van der Waals surface area contributed by atoms with Crippen molar-refractivity contribution < 1.29 is 93.8 Å². The van der Waals surface area contributed by atoms with E-state index in [9.17, 15) is 0 Å². The van der Waals surface area contributed by atoms with Gasteiger partial charge in [0.25, 0.3) is 0 Å². The molecule has 0 amide bonds. The van der Waals surface area contributed by atoms with Gasteiger partial charge in [0.05, 0.1) is 0 Å². The zero-order chi connectivity index (χ0) is 13.1. The van der Waals surface area contributed by atoms with Crippen LogP contribution < -0.4 is 30.1 Å². The summed E-state index contributed by atoms with van der Waals surface area (Å²) in [5.41, 5.74) is 0. The van der Waals surface area contributed by atoms with Crippen LogP contribution in [0.25, 0.3) is 0 Å². The van der Waals surface area contributed by atoms with Crippen molar-refractivity contribution in [1.82, 2.24) is 4.73 Å². The first-order valence-corrected chi connectivity index (χ1v) is 4.00. The van der Waals surface area contributed by atoms with Gasteiger partial charge in [-0.2, -0.15) is 4.73 Å². The van der Waals surface area contributed by atoms with E-state index in [4.69, 9.17) is 35.4 Å². The van der Waals surface area contributed by atoms with E-state index in [2.05, 4.69) is 12.2 Å². The van der Waals surface area contributed by atoms with Crippen molar-refractivity contribution in [1.29, 1.82) is 0 Å². The molecular weight excluding hydrogens is 436 g/mol. The third kappa shape index (κ3) is 38.1. The van der Waals surface area contributed by atoms with E-state index in [1.54, 1.807) is 18.2 Å². The van der Waals surface area contributed by atoms with Gasteiger partial charge in [-0.15, -0.1) is 0 Å². The van der Waals surface area contributed by atoms with E-state index < -0.39 is 14.6 Å². The fourth-order valence-electron chi connectivity index (χ4n) is 0.419. The fourth-order valence-corrected chi connectivity index (χ4v) is 0.558. The van der Waals surface area contributed by atoms with Crippen molar-refractivity contribution in [2.45, 2.75) is 0 Å². The molecule has 90 valence electrons. The van der Waals surface area contributed by atoms with Crippen molar-refractivity contribution in [3.05, 3.63) is 29.0 Å². The monoisotopic (exact) mass is 437 g/mol. The van der Waals surface area contributed by atoms with E-state index in [0.29, 0.717) is 4.64 Å². The maximum Gasteiger partial charge on any atom is 2.00 e. The number of pyridine rings is 1. The van der Waals surface area contributed by atoms with Crippen LogP contribution in [0.15, 0.2) is 24.4 Å². The Kier molecular flexibility index (Phi) is 35.8. The summed E-state index contributed by atoms with van der Waals surface area (Å²) in [5, 5.41) is 59.2. The van der Waals surface area contributed by atoms with Gasteiger partial charge in [0.1, 0.15) is 4.64 Å². The molecule has 0 aliphatic heterocycles. The summed E-state index contributed by atoms with van der Waals surface area (Å²) in [6, 6.07) is 5.13. The van der Waals surface area contributed by atoms with Crippen molar-refractivity contribution in [2.75, 3.05) is 0 Å². The van der Waals surface area contributed by atoms with Crippen LogP contribution in [0.2, 0.25) is 0 Å². The molecule has 1 N–H and O–H groups in total. The van der Waals surface area contributed by atoms with Crippen molar-refractivity contribution in [3.8, 4) is 0 Å². The van der Waals surface area contributed by atoms with Crippen LogP contribution in [-0.4, -0.2) is 24.6 Å². The predicted octanol–water partition coefficient (Wildman–Crippen LogP) is -6.45. The molecule has 0 spiro atoms. The van der Waals surface area contributed by atoms with E-state index in [1.807, 2.05) is 0 Å². The Labute approximate surface area is 153 Å². The van der Waals surface area contributed by atoms with Crippen LogP contribution in [-0.2, 0) is 58.4 Å². The van der Waals surface area contributed by atoms with Gasteiger partial charge >= 0.3 is 58.4 Å². The molecule has 0 unspecified atom stereocenters. The number of rotatable bonds is 0. The van der Waals surface area contributed by atoms with Crippen molar-refractivity contribution in [3.63, 3.8) is 0 Å². The van der Waals surface area contributed by atoms with E-state index in [-0.39, 0.29) is 58.4 Å². The van der Waals surface area contributed by atoms with Gasteiger partial charge < -0.3 is 35.4 Å². The molecule has 1 rings (SSSR count). The summed E-state index contributed by atoms with van der Waals surface area (Å²) < 4.78 is 1.32. The van der Waals surface area contributed by atoms with E-state index in [1.165, 1.54) is 6.20 Å². The Morgan fingerprint density at radius 3 is 1.37 bits per heavy atom. The predicted molar refractivity (Wildman–Crippen MR) is 44.0 cm³/mol. The Balaban J connectivity index is -0.0000000526. The average molecular weight is 441 g/mol. The molecule has 0 aromatic carbocycles. The largest absolute Gasteiger partial charge is 2.00 e. The van der Waals surface area contributed by atoms with Crippen LogP contribution in [0.3, 0.4) is 0 Å². The van der Waals surface area contributed by atoms with Crippen LogP contribution >= 0.6 is 12.2 Å². The molecule has 0 atom stereocenters. The number of hydrogen-bond donors (Lipinski definition) is 1. The Bertz CT molecular complexity index is 320. The van der Waals surface area contributed by atoms with Crippen LogP contribution in [0, 0.1) is 4.64 Å². The fraction of sp³-hybridized carbons (Fsp3) is 0. The molecule has 0 saturated carbocycles. The zero-order valence-corrected chi connectivity index (χ0v) is 19.6. The van der Waals surface area contributed by atoms with Crippen molar-refractivity contribution in [2.24, 2.45) is 0 Å². The Morgan fingerprint density at radius 2 is 1.21 bits per heavy atom. The van der Waals surface area contributed by atoms with Gasteiger partial charge in [0, 0.05) is 6.20 Å². The molecule has 1 aromatic heterocycles. The minimum Gasteiger partial charge on any atom is -0.907 e. The van der Waals surface area contributed by atoms with Crippen molar-refractivity contribution >= 4 is 26.9 Å². The first-order chi connectivity index (χ1) is 7.27. The first kappa shape index (κ1) is 32.0. The molecule has 0 fully saturated rings. The van der Waals surface area contributed by atoms with E-state index in [0.717, 1.165) is 4.73 Å². The molecule has 0 saturated heterocycles. The van der Waals surface area contributed by atoms with Gasteiger partial charge in [-0.1, -0.05) is 18.3 Å². The summed E-state index contributed by atoms with van der Waals surface area (Å²) in [6.45, 7) is 0. The maximum absolute atomic E-state index is 8.73. The number of aromatic nitrogens is 1. The van der Waals surface area contributed by atoms with Gasteiger partial charge in [0.15, 0.2) is 0 Å². The van der Waals surface area contributed by atoms with Crippen LogP contribution in [0.5, 0.6) is 0 Å². The second-order valence-corrected chi connectivity index (χ2v) is 2.38. The smallest absolute Gasteiger partial charge is 0.907 e. The SMILES string of the molecule is On1ccccc1=S.[O-]B([O-])[O-].[O-]B([O-])[O-].[Zn+2].[Zn+2].[Zn+2]. The maximum atomic E-state index is 8.73. The second kappa shape index (κ2) is 21.2. The van der Waals surface area contributed by atoms with Gasteiger partial charge in [-0.3, -0.25) is 14.6 Å². The summed E-state index contributed by atoms with van der Waals surface area (Å²) in [7, 11) is -5.83.